The van der Waals surface area contributed by atoms with Crippen molar-refractivity contribution in [2.45, 2.75) is 31.9 Å². The van der Waals surface area contributed by atoms with Crippen LogP contribution in [0.2, 0.25) is 0 Å². The Labute approximate surface area is 132 Å². The van der Waals surface area contributed by atoms with Gasteiger partial charge in [0, 0.05) is 6.04 Å². The Hall–Kier alpha value is -3.08. The summed E-state index contributed by atoms with van der Waals surface area (Å²) in [5, 5.41) is 11.2. The molecule has 8 nitrogen and oxygen atoms in total. The molecule has 1 saturated carbocycles. The molecule has 0 saturated heterocycles. The first kappa shape index (κ1) is 16.3. The lowest BCUT2D eigenvalue weighted by molar-refractivity contribution is -0.141. The Bertz CT molecular complexity index is 646. The van der Waals surface area contributed by atoms with Gasteiger partial charge in [0.15, 0.2) is 6.10 Å². The molecule has 0 aliphatic heterocycles. The first-order valence-electron chi connectivity index (χ1n) is 7.07. The molecule has 1 aliphatic carbocycles. The number of hydrogen-bond acceptors (Lipinski definition) is 5. The van der Waals surface area contributed by atoms with Crippen molar-refractivity contribution < 1.29 is 19.1 Å². The van der Waals surface area contributed by atoms with Gasteiger partial charge in [-0.3, -0.25) is 25.2 Å². The predicted molar refractivity (Wildman–Crippen MR) is 78.7 cm³/mol. The zero-order valence-corrected chi connectivity index (χ0v) is 12.5. The number of nitrogens with zero attached hydrogens (tertiary/aromatic N) is 1. The monoisotopic (exact) mass is 316 g/mol. The molecule has 0 unspecified atom stereocenters. The molecule has 1 aromatic carbocycles. The summed E-state index contributed by atoms with van der Waals surface area (Å²) in [5.41, 5.74) is 4.62. The summed E-state index contributed by atoms with van der Waals surface area (Å²) in [6.45, 7) is 1.49. The zero-order valence-electron chi connectivity index (χ0n) is 12.5. The average Bonchev–Trinajstić information content (AvgIpc) is 3.36. The van der Waals surface area contributed by atoms with Crippen LogP contribution in [0.15, 0.2) is 24.3 Å². The van der Waals surface area contributed by atoms with Gasteiger partial charge in [-0.1, -0.05) is 0 Å². The molecule has 1 aromatic rings. The van der Waals surface area contributed by atoms with Gasteiger partial charge in [-0.25, -0.2) is 0 Å². The van der Waals surface area contributed by atoms with Crippen molar-refractivity contribution in [3.63, 3.8) is 0 Å². The quantitative estimate of drug-likeness (QED) is 0.522. The van der Waals surface area contributed by atoms with Gasteiger partial charge in [-0.05, 0) is 44.0 Å². The molecule has 0 spiro atoms. The lowest BCUT2D eigenvalue weighted by Gasteiger charge is -2.15. The minimum absolute atomic E-state index is 0.0580. The number of hydrazine groups is 1. The topological polar surface area (TPSA) is 120 Å². The molecule has 3 N–H and O–H groups in total. The van der Waals surface area contributed by atoms with Gasteiger partial charge in [0.05, 0.1) is 11.6 Å². The molecule has 0 aromatic heterocycles. The van der Waals surface area contributed by atoms with E-state index in [9.17, 15) is 14.4 Å². The highest BCUT2D eigenvalue weighted by molar-refractivity contribution is 6.35. The molecule has 3 amide bonds. The maximum absolute atomic E-state index is 11.8. The van der Waals surface area contributed by atoms with Crippen molar-refractivity contribution in [1.29, 1.82) is 5.26 Å². The maximum atomic E-state index is 11.8. The second-order valence-corrected chi connectivity index (χ2v) is 5.09. The van der Waals surface area contributed by atoms with E-state index >= 15 is 0 Å². The van der Waals surface area contributed by atoms with Crippen LogP contribution in [0.25, 0.3) is 0 Å². The van der Waals surface area contributed by atoms with E-state index in [1.54, 1.807) is 24.3 Å². The molecule has 0 radical (unpaired) electrons. The van der Waals surface area contributed by atoms with Crippen molar-refractivity contribution in [2.75, 3.05) is 0 Å². The summed E-state index contributed by atoms with van der Waals surface area (Å²) >= 11 is 0. The number of nitriles is 1. The van der Waals surface area contributed by atoms with Crippen LogP contribution in [0.5, 0.6) is 5.75 Å². The molecule has 0 bridgehead atoms. The van der Waals surface area contributed by atoms with Crippen LogP contribution in [0, 0.1) is 11.3 Å². The van der Waals surface area contributed by atoms with Crippen molar-refractivity contribution in [2.24, 2.45) is 0 Å². The fourth-order valence-electron chi connectivity index (χ4n) is 1.62. The van der Waals surface area contributed by atoms with E-state index in [1.807, 2.05) is 11.5 Å². The van der Waals surface area contributed by atoms with E-state index in [0.29, 0.717) is 11.3 Å². The molecule has 2 rings (SSSR count). The first-order valence-corrected chi connectivity index (χ1v) is 7.07. The van der Waals surface area contributed by atoms with Crippen LogP contribution >= 0.6 is 0 Å². The molecule has 120 valence electrons. The smallest absolute Gasteiger partial charge is 0.327 e. The molecule has 23 heavy (non-hydrogen) atoms. The van der Waals surface area contributed by atoms with Gasteiger partial charge in [0.1, 0.15) is 5.75 Å². The van der Waals surface area contributed by atoms with E-state index < -0.39 is 23.8 Å². The second kappa shape index (κ2) is 7.26. The Kier molecular flexibility index (Phi) is 5.15. The number of amides is 3. The highest BCUT2D eigenvalue weighted by Crippen LogP contribution is 2.18. The summed E-state index contributed by atoms with van der Waals surface area (Å²) in [4.78, 5) is 34.6. The summed E-state index contributed by atoms with van der Waals surface area (Å²) < 4.78 is 5.37. The Morgan fingerprint density at radius 3 is 2.39 bits per heavy atom. The third kappa shape index (κ3) is 5.00. The van der Waals surface area contributed by atoms with E-state index in [4.69, 9.17) is 10.00 Å². The van der Waals surface area contributed by atoms with Gasteiger partial charge >= 0.3 is 11.8 Å². The lowest BCUT2D eigenvalue weighted by atomic mass is 10.2. The summed E-state index contributed by atoms with van der Waals surface area (Å²) in [6, 6.07) is 8.27. The SMILES string of the molecule is C[C@@H](Oc1ccc(C#N)cc1)C(=O)NNC(=O)C(=O)NC1CC1. The summed E-state index contributed by atoms with van der Waals surface area (Å²) in [7, 11) is 0. The maximum Gasteiger partial charge on any atom is 0.327 e. The van der Waals surface area contributed by atoms with E-state index in [2.05, 4.69) is 10.7 Å². The van der Waals surface area contributed by atoms with Gasteiger partial charge in [-0.15, -0.1) is 0 Å². The normalized spacial score (nSPS) is 14.1. The molecule has 1 atom stereocenters. The molecule has 8 heteroatoms. The van der Waals surface area contributed by atoms with Crippen LogP contribution in [-0.2, 0) is 14.4 Å². The first-order chi connectivity index (χ1) is 11.0. The number of ether oxygens (including phenoxy) is 1. The van der Waals surface area contributed by atoms with Crippen molar-refractivity contribution in [1.82, 2.24) is 16.2 Å². The third-order valence-corrected chi connectivity index (χ3v) is 3.08. The minimum Gasteiger partial charge on any atom is -0.481 e. The second-order valence-electron chi connectivity index (χ2n) is 5.09. The molecule has 1 fully saturated rings. The standard InChI is InChI=1S/C15H16N4O4/c1-9(23-12-6-2-10(8-16)3-7-12)13(20)18-19-15(22)14(21)17-11-4-5-11/h2-3,6-7,9,11H,4-5H2,1H3,(H,17,21)(H,18,20)(H,19,22)/t9-/m1/s1. The number of carbonyl (C=O) groups is 3. The number of carbonyl (C=O) groups excluding carboxylic acids is 3. The average molecular weight is 316 g/mol. The zero-order chi connectivity index (χ0) is 16.8. The van der Waals surface area contributed by atoms with Crippen molar-refractivity contribution in [3.05, 3.63) is 29.8 Å². The van der Waals surface area contributed by atoms with Crippen molar-refractivity contribution in [3.8, 4) is 11.8 Å². The van der Waals surface area contributed by atoms with Gasteiger partial charge < -0.3 is 10.1 Å². The van der Waals surface area contributed by atoms with Gasteiger partial charge in [-0.2, -0.15) is 5.26 Å². The third-order valence-electron chi connectivity index (χ3n) is 3.08. The van der Waals surface area contributed by atoms with E-state index in [-0.39, 0.29) is 6.04 Å². The highest BCUT2D eigenvalue weighted by atomic mass is 16.5. The highest BCUT2D eigenvalue weighted by Gasteiger charge is 2.26. The Morgan fingerprint density at radius 1 is 1.17 bits per heavy atom. The largest absolute Gasteiger partial charge is 0.481 e. The minimum atomic E-state index is -0.934. The molecular formula is C15H16N4O4. The molecule has 1 aliphatic rings. The Morgan fingerprint density at radius 2 is 1.83 bits per heavy atom. The number of benzene rings is 1. The van der Waals surface area contributed by atoms with Crippen molar-refractivity contribution >= 4 is 17.7 Å². The van der Waals surface area contributed by atoms with Crippen LogP contribution in [-0.4, -0.2) is 29.9 Å². The van der Waals surface area contributed by atoms with E-state index in [0.717, 1.165) is 12.8 Å². The van der Waals surface area contributed by atoms with E-state index in [1.165, 1.54) is 6.92 Å². The number of rotatable bonds is 4. The summed E-state index contributed by atoms with van der Waals surface area (Å²) in [5.74, 6) is -1.92. The predicted octanol–water partition coefficient (Wildman–Crippen LogP) is -0.248. The molecular weight excluding hydrogens is 300 g/mol. The van der Waals surface area contributed by atoms with Crippen LogP contribution < -0.4 is 20.9 Å². The number of hydrogen-bond donors (Lipinski definition) is 3. The van der Waals surface area contributed by atoms with Crippen LogP contribution in [0.4, 0.5) is 0 Å². The Balaban J connectivity index is 1.76. The molecule has 0 heterocycles. The summed E-state index contributed by atoms with van der Waals surface area (Å²) in [6.07, 6.45) is 0.830. The number of nitrogens with one attached hydrogen (secondary N) is 3. The van der Waals surface area contributed by atoms with Gasteiger partial charge in [0.25, 0.3) is 5.91 Å². The fraction of sp³-hybridized carbons (Fsp3) is 0.333. The van der Waals surface area contributed by atoms with Gasteiger partial charge in [0.2, 0.25) is 0 Å². The lowest BCUT2D eigenvalue weighted by Crippen LogP contribution is -2.51. The van der Waals surface area contributed by atoms with Crippen LogP contribution in [0.3, 0.4) is 0 Å². The fourth-order valence-corrected chi connectivity index (χ4v) is 1.62. The van der Waals surface area contributed by atoms with Crippen LogP contribution in [0.1, 0.15) is 25.3 Å².